The summed E-state index contributed by atoms with van der Waals surface area (Å²) in [5.74, 6) is 0.0313. The molecule has 1 unspecified atom stereocenters. The van der Waals surface area contributed by atoms with Crippen molar-refractivity contribution in [2.75, 3.05) is 26.5 Å². The van der Waals surface area contributed by atoms with Crippen molar-refractivity contribution < 1.29 is 14.3 Å². The number of hydrogen-bond acceptors (Lipinski definition) is 5. The largest absolute Gasteiger partial charge is 0.469 e. The predicted molar refractivity (Wildman–Crippen MR) is 77.0 cm³/mol. The van der Waals surface area contributed by atoms with Gasteiger partial charge in [-0.1, -0.05) is 0 Å². The van der Waals surface area contributed by atoms with Gasteiger partial charge in [0.1, 0.15) is 0 Å². The molecule has 1 atom stereocenters. The van der Waals surface area contributed by atoms with Gasteiger partial charge in [0.15, 0.2) is 5.56 Å². The van der Waals surface area contributed by atoms with Crippen LogP contribution in [-0.4, -0.2) is 49.0 Å². The first-order valence-corrected chi connectivity index (χ1v) is 8.53. The second-order valence-corrected chi connectivity index (χ2v) is 6.29. The number of likely N-dealkylation sites (tertiary alicyclic amines) is 1. The molecule has 0 aromatic heterocycles. The molecule has 19 heavy (non-hydrogen) atoms. The van der Waals surface area contributed by atoms with Crippen LogP contribution in [0.1, 0.15) is 38.5 Å². The third-order valence-electron chi connectivity index (χ3n) is 4.16. The Morgan fingerprint density at radius 3 is 2.37 bits per heavy atom. The second-order valence-electron chi connectivity index (χ2n) is 5.42. The number of nitrogens with zero attached hydrogens (tertiary/aromatic N) is 1. The van der Waals surface area contributed by atoms with Crippen LogP contribution in [0.3, 0.4) is 0 Å². The summed E-state index contributed by atoms with van der Waals surface area (Å²) in [6.07, 6.45) is 8.75. The van der Waals surface area contributed by atoms with Gasteiger partial charge in [0.2, 0.25) is 0 Å². The number of thioether (sulfide) groups is 1. The van der Waals surface area contributed by atoms with Gasteiger partial charge in [-0.2, -0.15) is 0 Å². The van der Waals surface area contributed by atoms with Crippen molar-refractivity contribution in [1.82, 2.24) is 4.90 Å². The molecule has 0 spiro atoms. The van der Waals surface area contributed by atoms with E-state index in [2.05, 4.69) is 11.2 Å². The van der Waals surface area contributed by atoms with Gasteiger partial charge < -0.3 is 9.47 Å². The highest BCUT2D eigenvalue weighted by atomic mass is 32.2. The van der Waals surface area contributed by atoms with Crippen LogP contribution in [0.5, 0.6) is 0 Å². The molecule has 110 valence electrons. The third-order valence-corrected chi connectivity index (χ3v) is 4.97. The van der Waals surface area contributed by atoms with Crippen LogP contribution in [0, 0.1) is 5.92 Å². The zero-order chi connectivity index (χ0) is 13.7. The van der Waals surface area contributed by atoms with Crippen molar-refractivity contribution in [2.45, 2.75) is 50.2 Å². The SMILES string of the molecule is COC(=O)[C@H]1CC[C@H](OC(SC)N2CCCC2)CC1. The van der Waals surface area contributed by atoms with Gasteiger partial charge in [-0.3, -0.25) is 9.69 Å². The highest BCUT2D eigenvalue weighted by Gasteiger charge is 2.30. The average molecular weight is 287 g/mol. The van der Waals surface area contributed by atoms with E-state index in [9.17, 15) is 4.79 Å². The lowest BCUT2D eigenvalue weighted by Crippen LogP contribution is -2.37. The van der Waals surface area contributed by atoms with E-state index in [4.69, 9.17) is 9.47 Å². The number of methoxy groups -OCH3 is 1. The lowest BCUT2D eigenvalue weighted by atomic mass is 9.87. The minimum absolute atomic E-state index is 0.0561. The highest BCUT2D eigenvalue weighted by Crippen LogP contribution is 2.30. The topological polar surface area (TPSA) is 38.8 Å². The zero-order valence-corrected chi connectivity index (χ0v) is 12.8. The fourth-order valence-corrected chi connectivity index (χ4v) is 3.79. The number of ether oxygens (including phenoxy) is 2. The Balaban J connectivity index is 1.76. The summed E-state index contributed by atoms with van der Waals surface area (Å²) in [5.41, 5.74) is 0.196. The lowest BCUT2D eigenvalue weighted by molar-refractivity contribution is -0.148. The average Bonchev–Trinajstić information content (AvgIpc) is 2.98. The molecule has 0 N–H and O–H groups in total. The summed E-state index contributed by atoms with van der Waals surface area (Å²) in [6, 6.07) is 0. The first-order chi connectivity index (χ1) is 9.24. The number of carbonyl (C=O) groups excluding carboxylic acids is 1. The Hall–Kier alpha value is -0.260. The number of esters is 1. The molecular weight excluding hydrogens is 262 g/mol. The maximum absolute atomic E-state index is 11.5. The highest BCUT2D eigenvalue weighted by molar-refractivity contribution is 7.99. The van der Waals surface area contributed by atoms with Crippen LogP contribution in [0.4, 0.5) is 0 Å². The van der Waals surface area contributed by atoms with E-state index in [0.717, 1.165) is 38.8 Å². The summed E-state index contributed by atoms with van der Waals surface area (Å²) in [7, 11) is 1.47. The molecule has 1 saturated carbocycles. The summed E-state index contributed by atoms with van der Waals surface area (Å²) >= 11 is 1.78. The summed E-state index contributed by atoms with van der Waals surface area (Å²) in [6.45, 7) is 2.31. The van der Waals surface area contributed by atoms with Gasteiger partial charge >= 0.3 is 5.97 Å². The molecule has 2 fully saturated rings. The van der Waals surface area contributed by atoms with E-state index in [1.165, 1.54) is 20.0 Å². The van der Waals surface area contributed by atoms with Crippen LogP contribution in [-0.2, 0) is 14.3 Å². The van der Waals surface area contributed by atoms with Crippen molar-refractivity contribution >= 4 is 17.7 Å². The van der Waals surface area contributed by atoms with Gasteiger partial charge in [-0.05, 0) is 44.8 Å². The molecule has 1 heterocycles. The third kappa shape index (κ3) is 4.10. The monoisotopic (exact) mass is 287 g/mol. The standard InChI is InChI=1S/C14H25NO3S/c1-17-13(16)11-5-7-12(8-6-11)18-14(19-2)15-9-3-4-10-15/h11-12,14H,3-10H2,1-2H3/t11-,12-,14?. The van der Waals surface area contributed by atoms with E-state index >= 15 is 0 Å². The molecule has 1 aliphatic heterocycles. The molecule has 0 amide bonds. The van der Waals surface area contributed by atoms with Crippen molar-refractivity contribution in [3.63, 3.8) is 0 Å². The normalized spacial score (nSPS) is 30.2. The van der Waals surface area contributed by atoms with Crippen LogP contribution in [0.15, 0.2) is 0 Å². The molecule has 0 aromatic carbocycles. The first kappa shape index (κ1) is 15.1. The molecule has 4 nitrogen and oxygen atoms in total. The second kappa shape index (κ2) is 7.50. The molecule has 1 aliphatic carbocycles. The Kier molecular flexibility index (Phi) is 5.98. The zero-order valence-electron chi connectivity index (χ0n) is 12.0. The number of carbonyl (C=O) groups is 1. The summed E-state index contributed by atoms with van der Waals surface area (Å²) in [5, 5.41) is 0. The molecule has 2 aliphatic rings. The lowest BCUT2D eigenvalue weighted by Gasteiger charge is -2.33. The Labute approximate surface area is 120 Å². The minimum atomic E-state index is -0.0561. The molecular formula is C14H25NO3S. The maximum atomic E-state index is 11.5. The Bertz CT molecular complexity index is 286. The molecule has 0 aromatic rings. The Morgan fingerprint density at radius 1 is 1.21 bits per heavy atom. The van der Waals surface area contributed by atoms with Crippen molar-refractivity contribution in [3.8, 4) is 0 Å². The van der Waals surface area contributed by atoms with Gasteiger partial charge in [0, 0.05) is 13.1 Å². The molecule has 1 saturated heterocycles. The van der Waals surface area contributed by atoms with Crippen LogP contribution < -0.4 is 0 Å². The Morgan fingerprint density at radius 2 is 1.84 bits per heavy atom. The molecule has 2 rings (SSSR count). The number of rotatable bonds is 5. The van der Waals surface area contributed by atoms with Crippen molar-refractivity contribution in [1.29, 1.82) is 0 Å². The van der Waals surface area contributed by atoms with E-state index in [-0.39, 0.29) is 17.4 Å². The molecule has 5 heteroatoms. The van der Waals surface area contributed by atoms with Crippen LogP contribution in [0.25, 0.3) is 0 Å². The van der Waals surface area contributed by atoms with Gasteiger partial charge in [0.25, 0.3) is 0 Å². The fourth-order valence-electron chi connectivity index (χ4n) is 3.01. The quantitative estimate of drug-likeness (QED) is 0.574. The van der Waals surface area contributed by atoms with E-state index in [1.807, 2.05) is 0 Å². The van der Waals surface area contributed by atoms with Gasteiger partial charge in [0.05, 0.1) is 19.1 Å². The van der Waals surface area contributed by atoms with Crippen LogP contribution >= 0.6 is 11.8 Å². The van der Waals surface area contributed by atoms with E-state index < -0.39 is 0 Å². The van der Waals surface area contributed by atoms with E-state index in [0.29, 0.717) is 6.10 Å². The molecule has 0 bridgehead atoms. The van der Waals surface area contributed by atoms with Crippen molar-refractivity contribution in [2.24, 2.45) is 5.92 Å². The van der Waals surface area contributed by atoms with Gasteiger partial charge in [-0.15, -0.1) is 11.8 Å². The van der Waals surface area contributed by atoms with Crippen molar-refractivity contribution in [3.05, 3.63) is 0 Å². The first-order valence-electron chi connectivity index (χ1n) is 7.24. The van der Waals surface area contributed by atoms with Crippen LogP contribution in [0.2, 0.25) is 0 Å². The maximum Gasteiger partial charge on any atom is 0.308 e. The molecule has 0 radical (unpaired) electrons. The summed E-state index contributed by atoms with van der Waals surface area (Å²) in [4.78, 5) is 13.9. The summed E-state index contributed by atoms with van der Waals surface area (Å²) < 4.78 is 11.0. The van der Waals surface area contributed by atoms with E-state index in [1.54, 1.807) is 11.8 Å². The van der Waals surface area contributed by atoms with Gasteiger partial charge in [-0.25, -0.2) is 0 Å². The predicted octanol–water partition coefficient (Wildman–Crippen LogP) is 2.48. The number of hydrogen-bond donors (Lipinski definition) is 0. The minimum Gasteiger partial charge on any atom is -0.469 e. The fraction of sp³-hybridized carbons (Fsp3) is 0.929. The smallest absolute Gasteiger partial charge is 0.308 e.